The Kier molecular flexibility index (Phi) is 4.37. The highest BCUT2D eigenvalue weighted by atomic mass is 19.4. The molecule has 0 N–H and O–H groups in total. The van der Waals surface area contributed by atoms with Gasteiger partial charge in [-0.15, -0.1) is 13.2 Å². The van der Waals surface area contributed by atoms with Crippen molar-refractivity contribution in [3.8, 4) is 5.75 Å². The van der Waals surface area contributed by atoms with E-state index in [9.17, 15) is 17.6 Å². The number of alkyl halides is 3. The molecule has 1 unspecified atom stereocenters. The normalized spacial score (nSPS) is 13.5. The van der Waals surface area contributed by atoms with Crippen LogP contribution in [0.3, 0.4) is 0 Å². The molecule has 0 bridgehead atoms. The maximum absolute atomic E-state index is 13.1. The van der Waals surface area contributed by atoms with E-state index in [-0.39, 0.29) is 5.92 Å². The molecule has 0 aliphatic carbocycles. The van der Waals surface area contributed by atoms with Gasteiger partial charge in [0.05, 0.1) is 0 Å². The number of hydrogen-bond acceptors (Lipinski definition) is 1. The van der Waals surface area contributed by atoms with Crippen molar-refractivity contribution in [2.45, 2.75) is 33.1 Å². The van der Waals surface area contributed by atoms with Crippen LogP contribution in [0.2, 0.25) is 0 Å². The minimum atomic E-state index is -4.79. The zero-order valence-corrected chi connectivity index (χ0v) is 9.64. The molecule has 0 fully saturated rings. The Labute approximate surface area is 97.4 Å². The third-order valence-electron chi connectivity index (χ3n) is 2.45. The molecule has 1 aromatic rings. The van der Waals surface area contributed by atoms with Gasteiger partial charge in [0.25, 0.3) is 0 Å². The smallest absolute Gasteiger partial charge is 0.406 e. The quantitative estimate of drug-likeness (QED) is 0.723. The van der Waals surface area contributed by atoms with Crippen LogP contribution in [-0.4, -0.2) is 6.36 Å². The Bertz CT molecular complexity index is 373. The van der Waals surface area contributed by atoms with Crippen molar-refractivity contribution in [2.75, 3.05) is 0 Å². The Morgan fingerprint density at radius 3 is 2.41 bits per heavy atom. The topological polar surface area (TPSA) is 9.23 Å². The van der Waals surface area contributed by atoms with Gasteiger partial charge in [0, 0.05) is 6.07 Å². The summed E-state index contributed by atoms with van der Waals surface area (Å²) in [5.41, 5.74) is 0.513. The van der Waals surface area contributed by atoms with Gasteiger partial charge in [-0.3, -0.25) is 0 Å². The molecule has 1 atom stereocenters. The van der Waals surface area contributed by atoms with Crippen LogP contribution in [0.25, 0.3) is 0 Å². The van der Waals surface area contributed by atoms with E-state index in [2.05, 4.69) is 4.74 Å². The highest BCUT2D eigenvalue weighted by molar-refractivity contribution is 5.30. The summed E-state index contributed by atoms with van der Waals surface area (Å²) in [6.07, 6.45) is -3.38. The van der Waals surface area contributed by atoms with E-state index in [1.807, 2.05) is 13.8 Å². The zero-order valence-electron chi connectivity index (χ0n) is 9.64. The van der Waals surface area contributed by atoms with Gasteiger partial charge in [-0.2, -0.15) is 0 Å². The number of ether oxygens (including phenoxy) is 1. The van der Waals surface area contributed by atoms with E-state index >= 15 is 0 Å². The lowest BCUT2D eigenvalue weighted by molar-refractivity contribution is -0.274. The van der Waals surface area contributed by atoms with Crippen LogP contribution in [0.4, 0.5) is 17.6 Å². The summed E-state index contributed by atoms with van der Waals surface area (Å²) in [6.45, 7) is 3.92. The summed E-state index contributed by atoms with van der Waals surface area (Å²) in [5, 5.41) is 0. The Balaban J connectivity index is 2.86. The first-order chi connectivity index (χ1) is 7.80. The molecule has 1 nitrogen and oxygen atoms in total. The molecule has 96 valence electrons. The highest BCUT2D eigenvalue weighted by Gasteiger charge is 2.31. The molecule has 0 aliphatic heterocycles. The van der Waals surface area contributed by atoms with E-state index in [0.717, 1.165) is 12.5 Å². The lowest BCUT2D eigenvalue weighted by atomic mass is 9.99. The first-order valence-corrected chi connectivity index (χ1v) is 5.35. The highest BCUT2D eigenvalue weighted by Crippen LogP contribution is 2.25. The SMILES string of the molecule is CCC(C)Cc1cc(F)cc(OC(F)(F)F)c1. The molecular formula is C12H14F4O. The van der Waals surface area contributed by atoms with Crippen LogP contribution in [0, 0.1) is 11.7 Å². The molecule has 1 aromatic carbocycles. The fourth-order valence-electron chi connectivity index (χ4n) is 1.48. The second-order valence-corrected chi connectivity index (χ2v) is 4.06. The number of benzene rings is 1. The monoisotopic (exact) mass is 250 g/mol. The average molecular weight is 250 g/mol. The fourth-order valence-corrected chi connectivity index (χ4v) is 1.48. The second kappa shape index (κ2) is 5.38. The van der Waals surface area contributed by atoms with Crippen molar-refractivity contribution in [1.29, 1.82) is 0 Å². The maximum Gasteiger partial charge on any atom is 0.573 e. The lowest BCUT2D eigenvalue weighted by Crippen LogP contribution is -2.17. The van der Waals surface area contributed by atoms with Gasteiger partial charge >= 0.3 is 6.36 Å². The van der Waals surface area contributed by atoms with Gasteiger partial charge in [0.1, 0.15) is 11.6 Å². The number of rotatable bonds is 4. The van der Waals surface area contributed by atoms with Crippen molar-refractivity contribution in [3.05, 3.63) is 29.6 Å². The van der Waals surface area contributed by atoms with Gasteiger partial charge in [-0.1, -0.05) is 20.3 Å². The second-order valence-electron chi connectivity index (χ2n) is 4.06. The molecule has 0 radical (unpaired) electrons. The number of hydrogen-bond donors (Lipinski definition) is 0. The van der Waals surface area contributed by atoms with Crippen LogP contribution < -0.4 is 4.74 Å². The summed E-state index contributed by atoms with van der Waals surface area (Å²) in [4.78, 5) is 0. The molecule has 0 aromatic heterocycles. The average Bonchev–Trinajstić information content (AvgIpc) is 2.13. The van der Waals surface area contributed by atoms with Crippen molar-refractivity contribution in [1.82, 2.24) is 0 Å². The third-order valence-corrected chi connectivity index (χ3v) is 2.45. The van der Waals surface area contributed by atoms with Crippen LogP contribution in [0.15, 0.2) is 18.2 Å². The van der Waals surface area contributed by atoms with E-state index in [0.29, 0.717) is 12.0 Å². The Morgan fingerprint density at radius 2 is 1.88 bits per heavy atom. The molecule has 0 amide bonds. The van der Waals surface area contributed by atoms with Crippen LogP contribution in [0.5, 0.6) is 5.75 Å². The summed E-state index contributed by atoms with van der Waals surface area (Å²) in [5.74, 6) is -0.934. The molecule has 5 heteroatoms. The van der Waals surface area contributed by atoms with E-state index in [1.54, 1.807) is 0 Å². The minimum absolute atomic E-state index is 0.288. The van der Waals surface area contributed by atoms with Crippen molar-refractivity contribution < 1.29 is 22.3 Å². The third kappa shape index (κ3) is 5.06. The molecule has 0 saturated carbocycles. The molecule has 17 heavy (non-hydrogen) atoms. The largest absolute Gasteiger partial charge is 0.573 e. The molecule has 1 rings (SSSR count). The van der Waals surface area contributed by atoms with Crippen molar-refractivity contribution in [2.24, 2.45) is 5.92 Å². The summed E-state index contributed by atoms with van der Waals surface area (Å²) in [6, 6.07) is 3.19. The summed E-state index contributed by atoms with van der Waals surface area (Å²) < 4.78 is 52.8. The zero-order chi connectivity index (χ0) is 13.1. The summed E-state index contributed by atoms with van der Waals surface area (Å²) >= 11 is 0. The summed E-state index contributed by atoms with van der Waals surface area (Å²) in [7, 11) is 0. The Hall–Kier alpha value is -1.26. The molecule has 0 saturated heterocycles. The molecule has 0 spiro atoms. The van der Waals surface area contributed by atoms with Crippen LogP contribution >= 0.6 is 0 Å². The lowest BCUT2D eigenvalue weighted by Gasteiger charge is -2.12. The predicted octanol–water partition coefficient (Wildman–Crippen LogP) is 4.31. The van der Waals surface area contributed by atoms with Crippen LogP contribution in [-0.2, 0) is 6.42 Å². The van der Waals surface area contributed by atoms with Gasteiger partial charge in [-0.25, -0.2) is 4.39 Å². The Morgan fingerprint density at radius 1 is 1.24 bits per heavy atom. The first kappa shape index (κ1) is 13.8. The standard InChI is InChI=1S/C12H14F4O/c1-3-8(2)4-9-5-10(13)7-11(6-9)17-12(14,15)16/h5-8H,3-4H2,1-2H3. The maximum atomic E-state index is 13.1. The van der Waals surface area contributed by atoms with Gasteiger partial charge < -0.3 is 4.74 Å². The van der Waals surface area contributed by atoms with Gasteiger partial charge in [-0.05, 0) is 30.0 Å². The minimum Gasteiger partial charge on any atom is -0.406 e. The fraction of sp³-hybridized carbons (Fsp3) is 0.500. The molecular weight excluding hydrogens is 236 g/mol. The predicted molar refractivity (Wildman–Crippen MR) is 56.2 cm³/mol. The van der Waals surface area contributed by atoms with Gasteiger partial charge in [0.15, 0.2) is 0 Å². The van der Waals surface area contributed by atoms with Crippen molar-refractivity contribution in [3.63, 3.8) is 0 Å². The van der Waals surface area contributed by atoms with Gasteiger partial charge in [0.2, 0.25) is 0 Å². The van der Waals surface area contributed by atoms with Crippen molar-refractivity contribution >= 4 is 0 Å². The number of halogens is 4. The first-order valence-electron chi connectivity index (χ1n) is 5.35. The van der Waals surface area contributed by atoms with Crippen LogP contribution in [0.1, 0.15) is 25.8 Å². The van der Waals surface area contributed by atoms with E-state index in [4.69, 9.17) is 0 Å². The van der Waals surface area contributed by atoms with E-state index < -0.39 is 17.9 Å². The molecule has 0 heterocycles. The van der Waals surface area contributed by atoms with E-state index in [1.165, 1.54) is 12.1 Å². The molecule has 0 aliphatic rings.